The molecular weight excluding hydrogens is 965 g/mol. The van der Waals surface area contributed by atoms with Crippen molar-refractivity contribution in [1.82, 2.24) is 0 Å². The topological polar surface area (TPSA) is 169 Å². The number of carbonyl (C=O) groups excluding carboxylic acids is 5. The van der Waals surface area contributed by atoms with Crippen LogP contribution in [-0.2, 0) is 52.1 Å². The minimum atomic E-state index is -1.98. The molecule has 0 amide bonds. The summed E-state index contributed by atoms with van der Waals surface area (Å²) < 4.78 is 30.5. The number of fused-ring (bicyclic) bond motifs is 8. The monoisotopic (exact) mass is 1050 g/mol. The molecule has 2 aliphatic heterocycles. The lowest BCUT2D eigenvalue weighted by molar-refractivity contribution is -0.169. The van der Waals surface area contributed by atoms with E-state index in [0.29, 0.717) is 49.4 Å². The highest BCUT2D eigenvalue weighted by Crippen LogP contribution is 2.72. The maximum Gasteiger partial charge on any atom is 0.317 e. The number of hydrogen-bond donors (Lipinski definition) is 1. The molecule has 0 spiro atoms. The van der Waals surface area contributed by atoms with E-state index in [1.807, 2.05) is 13.8 Å². The summed E-state index contributed by atoms with van der Waals surface area (Å²) in [5.41, 5.74) is 4.75. The first-order chi connectivity index (χ1) is 33.6. The largest absolute Gasteiger partial charge is 0.481 e. The van der Waals surface area contributed by atoms with Crippen molar-refractivity contribution in [2.45, 2.75) is 147 Å². The van der Waals surface area contributed by atoms with E-state index in [4.69, 9.17) is 23.4 Å². The van der Waals surface area contributed by atoms with Crippen LogP contribution in [0.3, 0.4) is 0 Å². The minimum absolute atomic E-state index is 0.0380. The zero-order valence-electron chi connectivity index (χ0n) is 44.6. The first-order valence-electron chi connectivity index (χ1n) is 28.0. The number of carboxylic acid groups (broad SMARTS) is 1. The molecule has 0 aromatic rings. The van der Waals surface area contributed by atoms with E-state index >= 15 is 9.59 Å². The van der Waals surface area contributed by atoms with Crippen molar-refractivity contribution in [1.29, 1.82) is 0 Å². The predicted octanol–water partition coefficient (Wildman–Crippen LogP) is 8.81. The standard InChI is InChI=1S/C55H85O12Si4/c1-26(2)66-54(62)55(5,48-27(3)29-12-13-30(48)14-29)20-39-35-16-31(15-33(35)21-65-71(11)24-69(9)22-68(8)23-70(10)25-71)41(39)46-47(53(61)67-52(46)60)43-36-17-32(18-37(36)50(58)63-6)42(43)40-28(4)34-19-38(40)45(51(59)64-7)44(34)49(56)57/h26-48H,12-25H2,1-11H3,(H,56,57). The lowest BCUT2D eigenvalue weighted by Gasteiger charge is -2.49. The van der Waals surface area contributed by atoms with Gasteiger partial charge in [0, 0.05) is 33.0 Å². The highest BCUT2D eigenvalue weighted by molar-refractivity contribution is 6.98. The number of rotatable bonds is 14. The van der Waals surface area contributed by atoms with E-state index in [0.717, 1.165) is 32.3 Å². The maximum atomic E-state index is 15.1. The Kier molecular flexibility index (Phi) is 14.3. The first-order valence-corrected chi connectivity index (χ1v) is 38.1. The van der Waals surface area contributed by atoms with E-state index in [9.17, 15) is 24.3 Å². The third kappa shape index (κ3) is 8.70. The number of carboxylic acids is 1. The van der Waals surface area contributed by atoms with Crippen molar-refractivity contribution in [2.75, 3.05) is 20.8 Å². The molecule has 10 aliphatic rings. The lowest BCUT2D eigenvalue weighted by Crippen LogP contribution is -2.52. The van der Waals surface area contributed by atoms with Crippen molar-refractivity contribution in [2.24, 2.45) is 136 Å². The molecule has 393 valence electrons. The van der Waals surface area contributed by atoms with Gasteiger partial charge < -0.3 is 28.5 Å². The van der Waals surface area contributed by atoms with Crippen LogP contribution in [0.1, 0.15) is 92.4 Å². The Balaban J connectivity index is 1.03. The quantitative estimate of drug-likeness (QED) is 0.0761. The Hall–Kier alpha value is -2.15. The SMILES string of the molecule is COC(=O)C1CC2CC1C(C1C(=O)OC(=O)C1C1C3CC(CO[Si]4(C)C[Si](C)C[Si](C)C[Si](C)C4)C(C3)C1CC(C)(C(=O)OC(C)C)C1C3CCC(C3)C1C)C2C1C(C)C2CC1C(C(=O)OC)C2C(=O)O. The van der Waals surface area contributed by atoms with Gasteiger partial charge >= 0.3 is 35.8 Å². The smallest absolute Gasteiger partial charge is 0.317 e. The third-order valence-corrected chi connectivity index (χ3v) is 43.9. The summed E-state index contributed by atoms with van der Waals surface area (Å²) in [4.78, 5) is 85.4. The fourth-order valence-electron chi connectivity index (χ4n) is 21.0. The third-order valence-electron chi connectivity index (χ3n) is 22.5. The van der Waals surface area contributed by atoms with Crippen LogP contribution in [0.25, 0.3) is 0 Å². The Morgan fingerprint density at radius 2 is 1.34 bits per heavy atom. The second-order valence-corrected chi connectivity index (χ2v) is 41.5. The molecule has 8 bridgehead atoms. The van der Waals surface area contributed by atoms with E-state index in [1.165, 1.54) is 43.3 Å². The molecule has 23 atom stereocenters. The number of aliphatic carboxylic acids is 1. The lowest BCUT2D eigenvalue weighted by atomic mass is 9.53. The highest BCUT2D eigenvalue weighted by Gasteiger charge is 2.72. The summed E-state index contributed by atoms with van der Waals surface area (Å²) in [6.07, 6.45) is 7.52. The summed E-state index contributed by atoms with van der Waals surface area (Å²) >= 11 is 0. The summed E-state index contributed by atoms with van der Waals surface area (Å²) in [7, 11) is -0.413. The van der Waals surface area contributed by atoms with Gasteiger partial charge in [-0.3, -0.25) is 28.8 Å². The van der Waals surface area contributed by atoms with Crippen molar-refractivity contribution >= 4 is 70.5 Å². The Morgan fingerprint density at radius 3 is 1.94 bits per heavy atom. The van der Waals surface area contributed by atoms with Gasteiger partial charge in [-0.1, -0.05) is 44.8 Å². The van der Waals surface area contributed by atoms with Gasteiger partial charge in [-0.25, -0.2) is 0 Å². The first kappa shape index (κ1) is 52.3. The molecule has 1 N–H and O–H groups in total. The van der Waals surface area contributed by atoms with E-state index in [-0.39, 0.29) is 104 Å². The molecular formula is C55H85O12Si4. The second kappa shape index (κ2) is 19.5. The molecule has 10 rings (SSSR count). The molecule has 3 radical (unpaired) electrons. The molecule has 2 heterocycles. The summed E-state index contributed by atoms with van der Waals surface area (Å²) in [6.45, 7) is 21.4. The molecule has 8 aliphatic carbocycles. The Morgan fingerprint density at radius 1 is 0.718 bits per heavy atom. The number of carbonyl (C=O) groups is 6. The van der Waals surface area contributed by atoms with Crippen molar-refractivity contribution in [3.63, 3.8) is 0 Å². The van der Waals surface area contributed by atoms with Crippen molar-refractivity contribution < 1.29 is 57.2 Å². The predicted molar refractivity (Wildman–Crippen MR) is 273 cm³/mol. The molecule has 71 heavy (non-hydrogen) atoms. The van der Waals surface area contributed by atoms with Gasteiger partial charge in [0.25, 0.3) is 0 Å². The zero-order valence-corrected chi connectivity index (χ0v) is 48.6. The summed E-state index contributed by atoms with van der Waals surface area (Å²) in [5.74, 6) is -5.86. The number of hydrogen-bond acceptors (Lipinski definition) is 11. The van der Waals surface area contributed by atoms with Crippen LogP contribution in [0.4, 0.5) is 0 Å². The molecule has 8 saturated carbocycles. The number of methoxy groups -OCH3 is 2. The second-order valence-electron chi connectivity index (χ2n) is 26.9. The average Bonchev–Trinajstić information content (AvgIpc) is 4.17. The number of ether oxygens (including phenoxy) is 4. The molecule has 0 aromatic carbocycles. The van der Waals surface area contributed by atoms with Crippen molar-refractivity contribution in [3.05, 3.63) is 0 Å². The highest BCUT2D eigenvalue weighted by atomic mass is 28.4. The Bertz CT molecular complexity index is 2110. The van der Waals surface area contributed by atoms with E-state index < -0.39 is 84.8 Å². The van der Waals surface area contributed by atoms with Crippen LogP contribution in [0.5, 0.6) is 0 Å². The summed E-state index contributed by atoms with van der Waals surface area (Å²) in [5, 5.41) is 10.5. The van der Waals surface area contributed by atoms with Crippen molar-refractivity contribution in [3.8, 4) is 0 Å². The van der Waals surface area contributed by atoms with Gasteiger partial charge in [-0.2, -0.15) is 0 Å². The Labute approximate surface area is 429 Å². The molecule has 2 saturated heterocycles. The normalized spacial score (nSPS) is 46.6. The van der Waals surface area contributed by atoms with E-state index in [1.54, 1.807) is 0 Å². The fourth-order valence-corrected chi connectivity index (χ4v) is 47.4. The van der Waals surface area contributed by atoms with Crippen LogP contribution >= 0.6 is 0 Å². The molecule has 23 unspecified atom stereocenters. The van der Waals surface area contributed by atoms with Crippen LogP contribution < -0.4 is 0 Å². The van der Waals surface area contributed by atoms with Crippen LogP contribution in [0, 0.1) is 136 Å². The van der Waals surface area contributed by atoms with Gasteiger partial charge in [0.1, 0.15) is 0 Å². The number of cyclic esters (lactones) is 2. The maximum absolute atomic E-state index is 15.1. The van der Waals surface area contributed by atoms with Crippen LogP contribution in [0.2, 0.25) is 48.9 Å². The molecule has 0 aromatic heterocycles. The zero-order chi connectivity index (χ0) is 50.9. The number of esters is 5. The van der Waals surface area contributed by atoms with Gasteiger partial charge in [0.15, 0.2) is 8.32 Å². The summed E-state index contributed by atoms with van der Waals surface area (Å²) in [6, 6.07) is 0. The van der Waals surface area contributed by atoms with Crippen LogP contribution in [-0.4, -0.2) is 103 Å². The van der Waals surface area contributed by atoms with Gasteiger partial charge in [0.2, 0.25) is 0 Å². The van der Waals surface area contributed by atoms with Gasteiger partial charge in [-0.15, -0.1) is 0 Å². The van der Waals surface area contributed by atoms with E-state index in [2.05, 4.69) is 47.0 Å². The van der Waals surface area contributed by atoms with Gasteiger partial charge in [-0.05, 0) is 197 Å². The molecule has 10 fully saturated rings. The van der Waals surface area contributed by atoms with Crippen LogP contribution in [0.15, 0.2) is 0 Å². The minimum Gasteiger partial charge on any atom is -0.481 e. The fraction of sp³-hybridized carbons (Fsp3) is 0.891. The average molecular weight is 1050 g/mol. The molecule has 12 nitrogen and oxygen atoms in total. The van der Waals surface area contributed by atoms with Gasteiger partial charge in [0.05, 0.1) is 55.3 Å². The molecule has 16 heteroatoms.